The second-order valence-electron chi connectivity index (χ2n) is 11.1. The maximum absolute atomic E-state index is 13.7. The van der Waals surface area contributed by atoms with Crippen LogP contribution in [-0.4, -0.2) is 44.8 Å². The fourth-order valence-corrected chi connectivity index (χ4v) is 5.94. The molecule has 2 aromatic heterocycles. The summed E-state index contributed by atoms with van der Waals surface area (Å²) in [6, 6.07) is 24.1. The molecule has 5 aromatic rings. The second kappa shape index (κ2) is 10.7. The van der Waals surface area contributed by atoms with Crippen molar-refractivity contribution in [2.24, 2.45) is 13.0 Å². The average molecular weight is 534 g/mol. The Morgan fingerprint density at radius 3 is 2.45 bits per heavy atom. The van der Waals surface area contributed by atoms with E-state index in [2.05, 4.69) is 46.5 Å². The molecule has 3 heterocycles. The van der Waals surface area contributed by atoms with Gasteiger partial charge >= 0.3 is 0 Å². The number of hydrogen-bond acceptors (Lipinski definition) is 4. The number of hydrogen-bond donors (Lipinski definition) is 1. The first kappa shape index (κ1) is 26.0. The summed E-state index contributed by atoms with van der Waals surface area (Å²) in [6.45, 7) is 7.71. The topological polar surface area (TPSA) is 72.2 Å². The molecule has 0 atom stereocenters. The number of piperidine rings is 1. The van der Waals surface area contributed by atoms with Crippen LogP contribution in [0.2, 0.25) is 0 Å². The molecule has 1 aliphatic rings. The van der Waals surface area contributed by atoms with Gasteiger partial charge in [-0.05, 0) is 69.5 Å². The number of carbonyl (C=O) groups is 1. The van der Waals surface area contributed by atoms with Crippen LogP contribution >= 0.6 is 0 Å². The van der Waals surface area contributed by atoms with Gasteiger partial charge in [-0.2, -0.15) is 9.78 Å². The van der Waals surface area contributed by atoms with Crippen LogP contribution in [0.4, 0.5) is 0 Å². The van der Waals surface area contributed by atoms with E-state index in [4.69, 9.17) is 0 Å². The summed E-state index contributed by atoms with van der Waals surface area (Å²) in [6.07, 6.45) is 2.07. The van der Waals surface area contributed by atoms with Crippen molar-refractivity contribution in [3.05, 3.63) is 106 Å². The maximum atomic E-state index is 13.7. The van der Waals surface area contributed by atoms with E-state index in [1.54, 1.807) is 0 Å². The van der Waals surface area contributed by atoms with Gasteiger partial charge in [0, 0.05) is 36.4 Å². The van der Waals surface area contributed by atoms with Gasteiger partial charge in [-0.25, -0.2) is 0 Å². The quantitative estimate of drug-likeness (QED) is 0.328. The van der Waals surface area contributed by atoms with Gasteiger partial charge in [-0.3, -0.25) is 14.5 Å². The standard InChI is InChI=1S/C33H35N5O2/c1-22-11-13-26(14-12-22)38-33(40)31-29(27-9-4-5-10-28(27)36(31)3)30(35-38)32(39)34-20-24-15-17-37(18-16-24)21-25-8-6-7-23(2)19-25/h4-14,19,24H,15-18,20-21H2,1-3H3,(H,34,39). The van der Waals surface area contributed by atoms with E-state index in [1.165, 1.54) is 15.8 Å². The molecular formula is C33H35N5O2. The van der Waals surface area contributed by atoms with Gasteiger partial charge in [0.25, 0.3) is 11.5 Å². The molecule has 0 radical (unpaired) electrons. The first-order chi connectivity index (χ1) is 19.4. The Balaban J connectivity index is 1.25. The molecule has 0 spiro atoms. The van der Waals surface area contributed by atoms with Crippen molar-refractivity contribution in [1.82, 2.24) is 24.6 Å². The van der Waals surface area contributed by atoms with Crippen molar-refractivity contribution >= 4 is 27.7 Å². The van der Waals surface area contributed by atoms with Crippen molar-refractivity contribution in [2.75, 3.05) is 19.6 Å². The lowest BCUT2D eigenvalue weighted by Crippen LogP contribution is -2.39. The summed E-state index contributed by atoms with van der Waals surface area (Å²) in [4.78, 5) is 29.9. The molecule has 40 heavy (non-hydrogen) atoms. The number of aryl methyl sites for hydroxylation is 3. The molecule has 1 fully saturated rings. The van der Waals surface area contributed by atoms with E-state index in [9.17, 15) is 9.59 Å². The lowest BCUT2D eigenvalue weighted by atomic mass is 9.96. The first-order valence-corrected chi connectivity index (χ1v) is 14.0. The van der Waals surface area contributed by atoms with Crippen molar-refractivity contribution in [2.45, 2.75) is 33.2 Å². The van der Waals surface area contributed by atoms with Crippen molar-refractivity contribution < 1.29 is 4.79 Å². The summed E-state index contributed by atoms with van der Waals surface area (Å²) < 4.78 is 3.24. The van der Waals surface area contributed by atoms with Gasteiger partial charge < -0.3 is 9.88 Å². The minimum absolute atomic E-state index is 0.241. The van der Waals surface area contributed by atoms with Crippen LogP contribution in [0.5, 0.6) is 0 Å². The monoisotopic (exact) mass is 533 g/mol. The Morgan fingerprint density at radius 2 is 1.70 bits per heavy atom. The maximum Gasteiger partial charge on any atom is 0.296 e. The van der Waals surface area contributed by atoms with Gasteiger partial charge in [0.2, 0.25) is 0 Å². The highest BCUT2D eigenvalue weighted by atomic mass is 16.2. The van der Waals surface area contributed by atoms with Crippen LogP contribution < -0.4 is 10.9 Å². The van der Waals surface area contributed by atoms with E-state index in [0.717, 1.165) is 48.9 Å². The normalized spacial score (nSPS) is 14.7. The lowest BCUT2D eigenvalue weighted by Gasteiger charge is -2.32. The highest BCUT2D eigenvalue weighted by Gasteiger charge is 2.25. The second-order valence-corrected chi connectivity index (χ2v) is 11.1. The minimum atomic E-state index is -0.246. The Kier molecular flexibility index (Phi) is 6.98. The number of nitrogens with one attached hydrogen (secondary N) is 1. The van der Waals surface area contributed by atoms with Crippen molar-refractivity contribution in [3.8, 4) is 5.69 Å². The molecule has 6 rings (SSSR count). The zero-order chi connectivity index (χ0) is 27.8. The molecule has 204 valence electrons. The van der Waals surface area contributed by atoms with Crippen LogP contribution in [0.15, 0.2) is 77.6 Å². The molecule has 0 bridgehead atoms. The van der Waals surface area contributed by atoms with Gasteiger partial charge in [0.15, 0.2) is 5.69 Å². The number of likely N-dealkylation sites (tertiary alicyclic amines) is 1. The SMILES string of the molecule is Cc1ccc(-n2nc(C(=O)NCC3CCN(Cc4cccc(C)c4)CC3)c3c4ccccc4n(C)c3c2=O)cc1. The summed E-state index contributed by atoms with van der Waals surface area (Å²) >= 11 is 0. The molecule has 7 nitrogen and oxygen atoms in total. The number of aromatic nitrogens is 3. The molecule has 1 amide bonds. The van der Waals surface area contributed by atoms with Gasteiger partial charge in [-0.1, -0.05) is 65.7 Å². The summed E-state index contributed by atoms with van der Waals surface area (Å²) in [5.41, 5.74) is 5.78. The zero-order valence-corrected chi connectivity index (χ0v) is 23.4. The number of carbonyl (C=O) groups excluding carboxylic acids is 1. The number of para-hydroxylation sites is 1. The summed E-state index contributed by atoms with van der Waals surface area (Å²) in [7, 11) is 1.87. The Hall–Kier alpha value is -4.23. The van der Waals surface area contributed by atoms with Crippen LogP contribution in [0.1, 0.15) is 40.0 Å². The smallest absolute Gasteiger partial charge is 0.296 e. The molecule has 1 N–H and O–H groups in total. The summed E-state index contributed by atoms with van der Waals surface area (Å²) in [5.74, 6) is 0.160. The van der Waals surface area contributed by atoms with E-state index in [1.807, 2.05) is 67.1 Å². The number of fused-ring (bicyclic) bond motifs is 3. The molecule has 1 aliphatic heterocycles. The molecule has 3 aromatic carbocycles. The highest BCUT2D eigenvalue weighted by molar-refractivity contribution is 6.16. The van der Waals surface area contributed by atoms with Crippen molar-refractivity contribution in [3.63, 3.8) is 0 Å². The predicted octanol–water partition coefficient (Wildman–Crippen LogP) is 5.14. The number of amides is 1. The zero-order valence-electron chi connectivity index (χ0n) is 23.4. The Bertz CT molecular complexity index is 1760. The molecule has 0 unspecified atom stereocenters. The molecule has 0 aliphatic carbocycles. The fourth-order valence-electron chi connectivity index (χ4n) is 5.94. The third kappa shape index (κ3) is 4.93. The molecular weight excluding hydrogens is 498 g/mol. The molecule has 0 saturated carbocycles. The van der Waals surface area contributed by atoms with Gasteiger partial charge in [0.1, 0.15) is 5.52 Å². The van der Waals surface area contributed by atoms with Gasteiger partial charge in [-0.15, -0.1) is 0 Å². The predicted molar refractivity (Wildman–Crippen MR) is 160 cm³/mol. The third-order valence-electron chi connectivity index (χ3n) is 8.18. The lowest BCUT2D eigenvalue weighted by molar-refractivity contribution is 0.0930. The van der Waals surface area contributed by atoms with Crippen LogP contribution in [-0.2, 0) is 13.6 Å². The average Bonchev–Trinajstić information content (AvgIpc) is 3.26. The first-order valence-electron chi connectivity index (χ1n) is 14.0. The van der Waals surface area contributed by atoms with Gasteiger partial charge in [0.05, 0.1) is 5.69 Å². The third-order valence-corrected chi connectivity index (χ3v) is 8.18. The highest BCUT2D eigenvalue weighted by Crippen LogP contribution is 2.28. The van der Waals surface area contributed by atoms with Crippen LogP contribution in [0.3, 0.4) is 0 Å². The largest absolute Gasteiger partial charge is 0.350 e. The number of nitrogens with zero attached hydrogens (tertiary/aromatic N) is 4. The van der Waals surface area contributed by atoms with Crippen molar-refractivity contribution in [1.29, 1.82) is 0 Å². The molecule has 7 heteroatoms. The van der Waals surface area contributed by atoms with E-state index in [-0.39, 0.29) is 17.2 Å². The Labute approximate surface area is 234 Å². The van der Waals surface area contributed by atoms with Crippen LogP contribution in [0, 0.1) is 19.8 Å². The number of rotatable bonds is 6. The summed E-state index contributed by atoms with van der Waals surface area (Å²) in [5, 5.41) is 9.30. The van der Waals surface area contributed by atoms with E-state index in [0.29, 0.717) is 29.1 Å². The van der Waals surface area contributed by atoms with E-state index >= 15 is 0 Å². The fraction of sp³-hybridized carbons (Fsp3) is 0.303. The minimum Gasteiger partial charge on any atom is -0.350 e. The van der Waals surface area contributed by atoms with Crippen LogP contribution in [0.25, 0.3) is 27.5 Å². The van der Waals surface area contributed by atoms with E-state index < -0.39 is 0 Å². The Morgan fingerprint density at radius 1 is 0.950 bits per heavy atom. The molecule has 1 saturated heterocycles. The number of benzene rings is 3.